The molecule has 1 aliphatic heterocycles. The zero-order valence-electron chi connectivity index (χ0n) is 13.7. The minimum Gasteiger partial charge on any atom is -0.476 e. The molecule has 1 heterocycles. The van der Waals surface area contributed by atoms with Crippen LogP contribution in [0.3, 0.4) is 0 Å². The van der Waals surface area contributed by atoms with Crippen LogP contribution < -0.4 is 9.64 Å². The van der Waals surface area contributed by atoms with Crippen LogP contribution in [-0.2, 0) is 14.3 Å². The van der Waals surface area contributed by atoms with Crippen LogP contribution >= 0.6 is 11.6 Å². The van der Waals surface area contributed by atoms with Crippen molar-refractivity contribution in [3.8, 4) is 5.75 Å². The summed E-state index contributed by atoms with van der Waals surface area (Å²) in [6.07, 6.45) is 2.89. The van der Waals surface area contributed by atoms with Crippen LogP contribution in [0.25, 0.3) is 0 Å². The van der Waals surface area contributed by atoms with Crippen molar-refractivity contribution in [1.29, 1.82) is 0 Å². The first-order chi connectivity index (χ1) is 10.8. The lowest BCUT2D eigenvalue weighted by Crippen LogP contribution is -2.54. The highest BCUT2D eigenvalue weighted by Gasteiger charge is 2.41. The van der Waals surface area contributed by atoms with Gasteiger partial charge in [-0.25, -0.2) is 0 Å². The van der Waals surface area contributed by atoms with Gasteiger partial charge in [-0.2, -0.15) is 0 Å². The Kier molecular flexibility index (Phi) is 5.52. The maximum absolute atomic E-state index is 12.6. The SMILES string of the molecule is CCCCCOC(=O)CN1C(=O)C(C)(C)Oc2ccc(Cl)cc21. The van der Waals surface area contributed by atoms with E-state index in [2.05, 4.69) is 6.92 Å². The van der Waals surface area contributed by atoms with Crippen molar-refractivity contribution in [2.45, 2.75) is 45.6 Å². The van der Waals surface area contributed by atoms with Crippen LogP contribution in [0.4, 0.5) is 5.69 Å². The van der Waals surface area contributed by atoms with E-state index in [-0.39, 0.29) is 12.5 Å². The van der Waals surface area contributed by atoms with Gasteiger partial charge in [-0.05, 0) is 38.5 Å². The predicted molar refractivity (Wildman–Crippen MR) is 89.0 cm³/mol. The number of nitrogens with zero attached hydrogens (tertiary/aromatic N) is 1. The molecule has 2 rings (SSSR count). The van der Waals surface area contributed by atoms with E-state index in [9.17, 15) is 9.59 Å². The van der Waals surface area contributed by atoms with Crippen molar-refractivity contribution in [2.75, 3.05) is 18.1 Å². The van der Waals surface area contributed by atoms with Gasteiger partial charge in [0, 0.05) is 5.02 Å². The smallest absolute Gasteiger partial charge is 0.326 e. The Balaban J connectivity index is 2.14. The number of halogens is 1. The molecule has 23 heavy (non-hydrogen) atoms. The van der Waals surface area contributed by atoms with Gasteiger partial charge < -0.3 is 9.47 Å². The summed E-state index contributed by atoms with van der Waals surface area (Å²) in [5, 5.41) is 0.473. The molecule has 1 aliphatic rings. The quantitative estimate of drug-likeness (QED) is 0.587. The summed E-state index contributed by atoms with van der Waals surface area (Å²) >= 11 is 6.01. The minimum atomic E-state index is -1.04. The molecule has 6 heteroatoms. The molecular weight excluding hydrogens is 318 g/mol. The number of carbonyl (C=O) groups is 2. The molecule has 0 aliphatic carbocycles. The average molecular weight is 340 g/mol. The van der Waals surface area contributed by atoms with E-state index < -0.39 is 11.6 Å². The highest BCUT2D eigenvalue weighted by Crippen LogP contribution is 2.39. The van der Waals surface area contributed by atoms with Crippen LogP contribution in [0.2, 0.25) is 5.02 Å². The topological polar surface area (TPSA) is 55.8 Å². The van der Waals surface area contributed by atoms with Crippen LogP contribution in [0, 0.1) is 0 Å². The zero-order valence-corrected chi connectivity index (χ0v) is 14.5. The van der Waals surface area contributed by atoms with E-state index >= 15 is 0 Å². The number of ether oxygens (including phenoxy) is 2. The number of hydrogen-bond donors (Lipinski definition) is 0. The van der Waals surface area contributed by atoms with Gasteiger partial charge in [0.1, 0.15) is 12.3 Å². The third-order valence-corrected chi connectivity index (χ3v) is 3.87. The Morgan fingerprint density at radius 2 is 2.09 bits per heavy atom. The summed E-state index contributed by atoms with van der Waals surface area (Å²) in [7, 11) is 0. The van der Waals surface area contributed by atoms with Gasteiger partial charge >= 0.3 is 5.97 Å². The van der Waals surface area contributed by atoms with Gasteiger partial charge in [0.2, 0.25) is 0 Å². The Labute approximate surface area is 141 Å². The Morgan fingerprint density at radius 3 is 2.78 bits per heavy atom. The van der Waals surface area contributed by atoms with Crippen LogP contribution in [0.5, 0.6) is 5.75 Å². The second kappa shape index (κ2) is 7.21. The normalized spacial score (nSPS) is 15.8. The number of hydrogen-bond acceptors (Lipinski definition) is 4. The molecule has 0 bridgehead atoms. The monoisotopic (exact) mass is 339 g/mol. The summed E-state index contributed by atoms with van der Waals surface area (Å²) in [4.78, 5) is 26.0. The molecule has 1 aromatic carbocycles. The van der Waals surface area contributed by atoms with E-state index in [1.807, 2.05) is 0 Å². The van der Waals surface area contributed by atoms with Gasteiger partial charge in [-0.3, -0.25) is 14.5 Å². The van der Waals surface area contributed by atoms with E-state index in [4.69, 9.17) is 21.1 Å². The summed E-state index contributed by atoms with van der Waals surface area (Å²) in [6, 6.07) is 5.01. The molecule has 1 aromatic rings. The lowest BCUT2D eigenvalue weighted by Gasteiger charge is -2.38. The van der Waals surface area contributed by atoms with Crippen LogP contribution in [-0.4, -0.2) is 30.6 Å². The van der Waals surface area contributed by atoms with E-state index in [0.717, 1.165) is 19.3 Å². The molecule has 0 fully saturated rings. The second-order valence-corrected chi connectivity index (χ2v) is 6.48. The van der Waals surface area contributed by atoms with Crippen molar-refractivity contribution in [3.05, 3.63) is 23.2 Å². The van der Waals surface area contributed by atoms with Crippen molar-refractivity contribution in [2.24, 2.45) is 0 Å². The largest absolute Gasteiger partial charge is 0.476 e. The standard InChI is InChI=1S/C17H22ClNO4/c1-4-5-6-9-22-15(20)11-19-13-10-12(18)7-8-14(13)23-17(2,3)16(19)21/h7-8,10H,4-6,9,11H2,1-3H3. The molecule has 0 radical (unpaired) electrons. The first-order valence-electron chi connectivity index (χ1n) is 7.81. The maximum atomic E-state index is 12.6. The first-order valence-corrected chi connectivity index (χ1v) is 8.19. The van der Waals surface area contributed by atoms with Gasteiger partial charge in [-0.15, -0.1) is 0 Å². The molecule has 0 N–H and O–H groups in total. The van der Waals surface area contributed by atoms with Crippen molar-refractivity contribution in [1.82, 2.24) is 0 Å². The summed E-state index contributed by atoms with van der Waals surface area (Å²) in [5.41, 5.74) is -0.545. The molecular formula is C17H22ClNO4. The molecule has 126 valence electrons. The van der Waals surface area contributed by atoms with Gasteiger partial charge in [0.25, 0.3) is 5.91 Å². The highest BCUT2D eigenvalue weighted by atomic mass is 35.5. The Morgan fingerprint density at radius 1 is 1.35 bits per heavy atom. The summed E-state index contributed by atoms with van der Waals surface area (Å²) in [5.74, 6) is -0.200. The maximum Gasteiger partial charge on any atom is 0.326 e. The lowest BCUT2D eigenvalue weighted by atomic mass is 10.0. The number of anilines is 1. The van der Waals surface area contributed by atoms with Crippen molar-refractivity contribution in [3.63, 3.8) is 0 Å². The zero-order chi connectivity index (χ0) is 17.0. The number of amides is 1. The number of fused-ring (bicyclic) bond motifs is 1. The molecule has 0 spiro atoms. The van der Waals surface area contributed by atoms with Crippen molar-refractivity contribution >= 4 is 29.2 Å². The van der Waals surface area contributed by atoms with E-state index in [1.54, 1.807) is 32.0 Å². The fourth-order valence-corrected chi connectivity index (χ4v) is 2.58. The van der Waals surface area contributed by atoms with Gasteiger partial charge in [0.15, 0.2) is 5.60 Å². The molecule has 5 nitrogen and oxygen atoms in total. The third-order valence-electron chi connectivity index (χ3n) is 3.64. The van der Waals surface area contributed by atoms with Gasteiger partial charge in [0.05, 0.1) is 12.3 Å². The number of rotatable bonds is 6. The number of esters is 1. The Hall–Kier alpha value is -1.75. The predicted octanol–water partition coefficient (Wildman–Crippen LogP) is 3.58. The highest BCUT2D eigenvalue weighted by molar-refractivity contribution is 6.31. The van der Waals surface area contributed by atoms with E-state index in [0.29, 0.717) is 23.1 Å². The summed E-state index contributed by atoms with van der Waals surface area (Å²) < 4.78 is 10.9. The van der Waals surface area contributed by atoms with Crippen molar-refractivity contribution < 1.29 is 19.1 Å². The second-order valence-electron chi connectivity index (χ2n) is 6.04. The van der Waals surface area contributed by atoms with E-state index in [1.165, 1.54) is 4.90 Å². The van der Waals surface area contributed by atoms with Crippen LogP contribution in [0.15, 0.2) is 18.2 Å². The lowest BCUT2D eigenvalue weighted by molar-refractivity contribution is -0.144. The molecule has 1 amide bonds. The molecule has 0 unspecified atom stereocenters. The fraction of sp³-hybridized carbons (Fsp3) is 0.529. The van der Waals surface area contributed by atoms with Crippen LogP contribution in [0.1, 0.15) is 40.0 Å². The fourth-order valence-electron chi connectivity index (χ4n) is 2.41. The third kappa shape index (κ3) is 4.16. The molecule has 0 saturated carbocycles. The molecule has 0 saturated heterocycles. The first kappa shape index (κ1) is 17.6. The number of carbonyl (C=O) groups excluding carboxylic acids is 2. The molecule has 0 aromatic heterocycles. The van der Waals surface area contributed by atoms with Gasteiger partial charge in [-0.1, -0.05) is 31.4 Å². The molecule has 0 atom stereocenters. The Bertz CT molecular complexity index is 600. The number of benzene rings is 1. The number of unbranched alkanes of at least 4 members (excludes halogenated alkanes) is 2. The minimum absolute atomic E-state index is 0.148. The summed E-state index contributed by atoms with van der Waals surface area (Å²) in [6.45, 7) is 5.65. The average Bonchev–Trinajstić information content (AvgIpc) is 2.49.